The van der Waals surface area contributed by atoms with Crippen molar-refractivity contribution in [2.75, 3.05) is 21.3 Å². The zero-order chi connectivity index (χ0) is 18.8. The van der Waals surface area contributed by atoms with Gasteiger partial charge >= 0.3 is 0 Å². The van der Waals surface area contributed by atoms with Gasteiger partial charge in [-0.1, -0.05) is 30.3 Å². The predicted octanol–water partition coefficient (Wildman–Crippen LogP) is 5.65. The fourth-order valence-corrected chi connectivity index (χ4v) is 4.05. The third kappa shape index (κ3) is 3.11. The van der Waals surface area contributed by atoms with E-state index in [9.17, 15) is 0 Å². The highest BCUT2D eigenvalue weighted by Gasteiger charge is 2.14. The molecule has 0 saturated heterocycles. The maximum absolute atomic E-state index is 5.54. The molecule has 0 saturated carbocycles. The summed E-state index contributed by atoms with van der Waals surface area (Å²) in [6, 6.07) is 16.4. The molecule has 0 bridgehead atoms. The van der Waals surface area contributed by atoms with Crippen LogP contribution >= 0.6 is 11.3 Å². The molecule has 4 aromatic rings. The molecule has 0 aliphatic carbocycles. The number of benzene rings is 3. The van der Waals surface area contributed by atoms with Gasteiger partial charge in [0.05, 0.1) is 31.5 Å². The fraction of sp³-hybridized carbons (Fsp3) is 0.136. The first kappa shape index (κ1) is 17.4. The molecule has 0 amide bonds. The van der Waals surface area contributed by atoms with Crippen molar-refractivity contribution in [1.82, 2.24) is 4.98 Å². The number of ether oxygens (including phenoxy) is 3. The van der Waals surface area contributed by atoms with Gasteiger partial charge < -0.3 is 14.2 Å². The maximum atomic E-state index is 5.54. The van der Waals surface area contributed by atoms with Crippen LogP contribution in [0, 0.1) is 0 Å². The van der Waals surface area contributed by atoms with E-state index in [0.29, 0.717) is 17.2 Å². The minimum atomic E-state index is 0.581. The Morgan fingerprint density at radius 3 is 2.41 bits per heavy atom. The van der Waals surface area contributed by atoms with E-state index < -0.39 is 0 Å². The molecule has 0 aliphatic rings. The van der Waals surface area contributed by atoms with E-state index in [1.807, 2.05) is 36.4 Å². The molecule has 27 heavy (non-hydrogen) atoms. The monoisotopic (exact) mass is 377 g/mol. The summed E-state index contributed by atoms with van der Waals surface area (Å²) in [6.45, 7) is 0. The Kier molecular flexibility index (Phi) is 4.69. The van der Waals surface area contributed by atoms with Crippen LogP contribution in [0.4, 0.5) is 0 Å². The summed E-state index contributed by atoms with van der Waals surface area (Å²) in [4.78, 5) is 4.82. The number of fused-ring (bicyclic) bond motifs is 3. The van der Waals surface area contributed by atoms with Crippen molar-refractivity contribution in [2.45, 2.75) is 0 Å². The highest BCUT2D eigenvalue weighted by Crippen LogP contribution is 2.40. The van der Waals surface area contributed by atoms with Crippen molar-refractivity contribution in [3.05, 3.63) is 59.1 Å². The van der Waals surface area contributed by atoms with Gasteiger partial charge in [-0.3, -0.25) is 0 Å². The van der Waals surface area contributed by atoms with Crippen molar-refractivity contribution < 1.29 is 14.2 Å². The van der Waals surface area contributed by atoms with Crippen molar-refractivity contribution in [3.63, 3.8) is 0 Å². The molecular formula is C22H19NO3S. The van der Waals surface area contributed by atoms with Gasteiger partial charge in [-0.25, -0.2) is 4.98 Å². The molecule has 0 aliphatic heterocycles. The van der Waals surface area contributed by atoms with Crippen LogP contribution < -0.4 is 14.2 Å². The van der Waals surface area contributed by atoms with E-state index in [2.05, 4.69) is 24.3 Å². The topological polar surface area (TPSA) is 40.6 Å². The van der Waals surface area contributed by atoms with Gasteiger partial charge in [-0.2, -0.15) is 0 Å². The standard InChI is InChI=1S/C22H19NO3S/c1-24-17-11-8-15(21(25-2)22(17)26-3)10-13-19-23-20-16-7-5-4-6-14(16)9-12-18(20)27-19/h4-13H,1-3H3. The summed E-state index contributed by atoms with van der Waals surface area (Å²) in [5, 5.41) is 3.32. The van der Waals surface area contributed by atoms with Gasteiger partial charge in [0.1, 0.15) is 5.01 Å². The number of aromatic nitrogens is 1. The maximum Gasteiger partial charge on any atom is 0.203 e. The van der Waals surface area contributed by atoms with Crippen molar-refractivity contribution >= 4 is 44.5 Å². The molecule has 0 spiro atoms. The van der Waals surface area contributed by atoms with Crippen LogP contribution in [0.3, 0.4) is 0 Å². The zero-order valence-electron chi connectivity index (χ0n) is 15.4. The minimum Gasteiger partial charge on any atom is -0.493 e. The number of rotatable bonds is 5. The quantitative estimate of drug-likeness (QED) is 0.451. The molecule has 0 fully saturated rings. The van der Waals surface area contributed by atoms with Crippen LogP contribution in [0.2, 0.25) is 0 Å². The number of hydrogen-bond donors (Lipinski definition) is 0. The SMILES string of the molecule is COc1ccc(C=Cc2nc3c(ccc4ccccc43)s2)c(OC)c1OC. The van der Waals surface area contributed by atoms with Crippen LogP contribution in [-0.4, -0.2) is 26.3 Å². The number of nitrogens with zero attached hydrogens (tertiary/aromatic N) is 1. The van der Waals surface area contributed by atoms with E-state index in [4.69, 9.17) is 19.2 Å². The first-order valence-corrected chi connectivity index (χ1v) is 9.32. The Bertz CT molecular complexity index is 1150. The number of thiazole rings is 1. The van der Waals surface area contributed by atoms with Crippen LogP contribution in [0.15, 0.2) is 48.5 Å². The molecule has 0 radical (unpaired) electrons. The van der Waals surface area contributed by atoms with Gasteiger partial charge in [0.2, 0.25) is 5.75 Å². The normalized spacial score (nSPS) is 11.4. The highest BCUT2D eigenvalue weighted by molar-refractivity contribution is 7.19. The number of methoxy groups -OCH3 is 3. The lowest BCUT2D eigenvalue weighted by atomic mass is 10.1. The second-order valence-electron chi connectivity index (χ2n) is 5.94. The molecule has 1 aromatic heterocycles. The van der Waals surface area contributed by atoms with Crippen LogP contribution in [0.1, 0.15) is 10.6 Å². The van der Waals surface area contributed by atoms with Crippen molar-refractivity contribution in [2.24, 2.45) is 0 Å². The van der Waals surface area contributed by atoms with Crippen molar-refractivity contribution in [3.8, 4) is 17.2 Å². The first-order chi connectivity index (χ1) is 13.2. The second kappa shape index (κ2) is 7.29. The highest BCUT2D eigenvalue weighted by atomic mass is 32.1. The second-order valence-corrected chi connectivity index (χ2v) is 7.00. The Balaban J connectivity index is 1.76. The first-order valence-electron chi connectivity index (χ1n) is 8.50. The third-order valence-electron chi connectivity index (χ3n) is 4.44. The minimum absolute atomic E-state index is 0.581. The molecule has 3 aromatic carbocycles. The van der Waals surface area contributed by atoms with Crippen LogP contribution in [0.5, 0.6) is 17.2 Å². The van der Waals surface area contributed by atoms with Crippen LogP contribution in [-0.2, 0) is 0 Å². The summed E-state index contributed by atoms with van der Waals surface area (Å²) in [5.74, 6) is 1.86. The Labute approximate surface area is 161 Å². The Morgan fingerprint density at radius 2 is 1.63 bits per heavy atom. The van der Waals surface area contributed by atoms with E-state index in [1.54, 1.807) is 32.7 Å². The molecule has 5 heteroatoms. The molecule has 0 unspecified atom stereocenters. The molecule has 136 valence electrons. The van der Waals surface area contributed by atoms with E-state index in [0.717, 1.165) is 16.1 Å². The summed E-state index contributed by atoms with van der Waals surface area (Å²) >= 11 is 1.67. The lowest BCUT2D eigenvalue weighted by Crippen LogP contribution is -1.96. The smallest absolute Gasteiger partial charge is 0.203 e. The van der Waals surface area contributed by atoms with E-state index >= 15 is 0 Å². The summed E-state index contributed by atoms with van der Waals surface area (Å²) in [7, 11) is 4.84. The van der Waals surface area contributed by atoms with Gasteiger partial charge in [0.15, 0.2) is 11.5 Å². The zero-order valence-corrected chi connectivity index (χ0v) is 16.2. The molecule has 0 N–H and O–H groups in total. The summed E-state index contributed by atoms with van der Waals surface area (Å²) in [5.41, 5.74) is 1.94. The average Bonchev–Trinajstić information content (AvgIpc) is 3.15. The average molecular weight is 377 g/mol. The Hall–Kier alpha value is -3.05. The van der Waals surface area contributed by atoms with Gasteiger partial charge in [-0.15, -0.1) is 11.3 Å². The van der Waals surface area contributed by atoms with Gasteiger partial charge in [0.25, 0.3) is 0 Å². The van der Waals surface area contributed by atoms with Gasteiger partial charge in [-0.05, 0) is 35.7 Å². The third-order valence-corrected chi connectivity index (χ3v) is 5.43. The van der Waals surface area contributed by atoms with Gasteiger partial charge in [0, 0.05) is 10.9 Å². The molecule has 0 atom stereocenters. The lowest BCUT2D eigenvalue weighted by molar-refractivity contribution is 0.324. The largest absolute Gasteiger partial charge is 0.493 e. The fourth-order valence-electron chi connectivity index (χ4n) is 3.17. The Morgan fingerprint density at radius 1 is 0.815 bits per heavy atom. The van der Waals surface area contributed by atoms with E-state index in [1.165, 1.54) is 15.5 Å². The molecular weight excluding hydrogens is 358 g/mol. The lowest BCUT2D eigenvalue weighted by Gasteiger charge is -2.13. The molecule has 4 nitrogen and oxygen atoms in total. The molecule has 4 rings (SSSR count). The number of hydrogen-bond acceptors (Lipinski definition) is 5. The summed E-state index contributed by atoms with van der Waals surface area (Å²) in [6.07, 6.45) is 3.99. The molecule has 1 heterocycles. The predicted molar refractivity (Wildman–Crippen MR) is 112 cm³/mol. The van der Waals surface area contributed by atoms with E-state index in [-0.39, 0.29) is 0 Å². The van der Waals surface area contributed by atoms with Crippen LogP contribution in [0.25, 0.3) is 33.1 Å². The summed E-state index contributed by atoms with van der Waals surface area (Å²) < 4.78 is 17.5. The van der Waals surface area contributed by atoms with Crippen molar-refractivity contribution in [1.29, 1.82) is 0 Å².